The number of carbonyl (C=O) groups excluding carboxylic acids is 1. The molecule has 2 heterocycles. The van der Waals surface area contributed by atoms with Gasteiger partial charge in [0.25, 0.3) is 5.91 Å². The van der Waals surface area contributed by atoms with Gasteiger partial charge < -0.3 is 14.7 Å². The minimum atomic E-state index is -4.61. The molecule has 0 spiro atoms. The molecule has 0 bridgehead atoms. The summed E-state index contributed by atoms with van der Waals surface area (Å²) in [5.41, 5.74) is -0.688. The molecule has 1 fully saturated rings. The summed E-state index contributed by atoms with van der Waals surface area (Å²) < 4.78 is 43.7. The summed E-state index contributed by atoms with van der Waals surface area (Å²) in [6, 6.07) is 8.97. The van der Waals surface area contributed by atoms with Crippen molar-refractivity contribution in [3.63, 3.8) is 0 Å². The number of aliphatic hydroxyl groups excluding tert-OH is 1. The Balaban J connectivity index is 1.92. The molecule has 6 nitrogen and oxygen atoms in total. The van der Waals surface area contributed by atoms with Crippen LogP contribution < -0.4 is 0 Å². The van der Waals surface area contributed by atoms with Gasteiger partial charge in [0.2, 0.25) is 0 Å². The van der Waals surface area contributed by atoms with Crippen molar-refractivity contribution in [1.82, 2.24) is 15.1 Å². The summed E-state index contributed by atoms with van der Waals surface area (Å²) >= 11 is 0. The normalized spacial score (nSPS) is 21.4. The number of rotatable bonds is 3. The summed E-state index contributed by atoms with van der Waals surface area (Å²) in [7, 11) is 0. The van der Waals surface area contributed by atoms with E-state index in [2.05, 4.69) is 5.10 Å². The summed E-state index contributed by atoms with van der Waals surface area (Å²) in [5.74, 6) is -0.651. The van der Waals surface area contributed by atoms with Crippen molar-refractivity contribution in [2.45, 2.75) is 18.3 Å². The molecular formula is C16H16F3N3O3. The highest BCUT2D eigenvalue weighted by Gasteiger charge is 2.39. The van der Waals surface area contributed by atoms with Crippen LogP contribution in [-0.4, -0.2) is 52.0 Å². The Hall–Kier alpha value is -2.39. The van der Waals surface area contributed by atoms with E-state index in [1.54, 1.807) is 30.3 Å². The fourth-order valence-corrected chi connectivity index (χ4v) is 2.88. The van der Waals surface area contributed by atoms with Crippen molar-refractivity contribution >= 4 is 5.91 Å². The standard InChI is InChI=1S/C16H16F3N3O3/c17-16(18,19)13-8-11(20-21-13)15(24)22-6-7-25-12(9-23)14(22)10-4-2-1-3-5-10/h1-5,8,12,14,23H,6-7,9H2,(H,20,21)/t12-,14-/m1/s1. The number of nitrogens with zero attached hydrogens (tertiary/aromatic N) is 2. The number of alkyl halides is 3. The molecule has 0 radical (unpaired) electrons. The average Bonchev–Trinajstić information content (AvgIpc) is 3.11. The molecule has 1 amide bonds. The van der Waals surface area contributed by atoms with Crippen LogP contribution in [0.4, 0.5) is 13.2 Å². The third kappa shape index (κ3) is 3.52. The summed E-state index contributed by atoms with van der Waals surface area (Å²) in [4.78, 5) is 14.1. The third-order valence-corrected chi connectivity index (χ3v) is 4.04. The maximum absolute atomic E-state index is 12.7. The first-order valence-corrected chi connectivity index (χ1v) is 7.63. The van der Waals surface area contributed by atoms with Crippen molar-refractivity contribution in [3.05, 3.63) is 53.3 Å². The second kappa shape index (κ2) is 6.85. The molecule has 25 heavy (non-hydrogen) atoms. The smallest absolute Gasteiger partial charge is 0.394 e. The Morgan fingerprint density at radius 1 is 1.36 bits per heavy atom. The van der Waals surface area contributed by atoms with Crippen molar-refractivity contribution < 1.29 is 27.8 Å². The van der Waals surface area contributed by atoms with Gasteiger partial charge in [0, 0.05) is 12.6 Å². The number of ether oxygens (including phenoxy) is 1. The zero-order valence-electron chi connectivity index (χ0n) is 13.0. The van der Waals surface area contributed by atoms with E-state index >= 15 is 0 Å². The second-order valence-electron chi connectivity index (χ2n) is 5.61. The largest absolute Gasteiger partial charge is 0.432 e. The van der Waals surface area contributed by atoms with Crippen molar-refractivity contribution in [2.75, 3.05) is 19.8 Å². The molecule has 1 aromatic carbocycles. The summed E-state index contributed by atoms with van der Waals surface area (Å²) in [6.07, 6.45) is -5.27. The third-order valence-electron chi connectivity index (χ3n) is 4.04. The minimum absolute atomic E-state index is 0.177. The van der Waals surface area contributed by atoms with Gasteiger partial charge >= 0.3 is 6.18 Å². The first-order chi connectivity index (χ1) is 11.9. The van der Waals surface area contributed by atoms with Crippen LogP contribution in [0.25, 0.3) is 0 Å². The van der Waals surface area contributed by atoms with Gasteiger partial charge in [-0.1, -0.05) is 30.3 Å². The van der Waals surface area contributed by atoms with Gasteiger partial charge in [0.1, 0.15) is 11.8 Å². The van der Waals surface area contributed by atoms with Gasteiger partial charge in [-0.3, -0.25) is 9.89 Å². The zero-order chi connectivity index (χ0) is 18.0. The molecule has 2 aromatic rings. The first-order valence-electron chi connectivity index (χ1n) is 7.63. The zero-order valence-corrected chi connectivity index (χ0v) is 13.0. The van der Waals surface area contributed by atoms with E-state index in [-0.39, 0.29) is 25.5 Å². The molecule has 3 rings (SSSR count). The van der Waals surface area contributed by atoms with Crippen LogP contribution in [0.15, 0.2) is 36.4 Å². The summed E-state index contributed by atoms with van der Waals surface area (Å²) in [6.45, 7) is 0.0393. The maximum atomic E-state index is 12.7. The predicted molar refractivity (Wildman–Crippen MR) is 80.6 cm³/mol. The van der Waals surface area contributed by atoms with Gasteiger partial charge in [0.15, 0.2) is 5.69 Å². The van der Waals surface area contributed by atoms with Crippen molar-refractivity contribution in [3.8, 4) is 0 Å². The molecule has 9 heteroatoms. The number of aromatic amines is 1. The first kappa shape index (κ1) is 17.4. The Morgan fingerprint density at radius 2 is 2.08 bits per heavy atom. The summed E-state index contributed by atoms with van der Waals surface area (Å²) in [5, 5.41) is 14.9. The van der Waals surface area contributed by atoms with E-state index in [1.807, 2.05) is 5.10 Å². The Labute approximate surface area is 141 Å². The predicted octanol–water partition coefficient (Wildman–Crippen LogP) is 2.00. The molecule has 1 aliphatic rings. The van der Waals surface area contributed by atoms with E-state index in [4.69, 9.17) is 4.74 Å². The van der Waals surface area contributed by atoms with E-state index in [0.717, 1.165) is 5.56 Å². The number of H-pyrrole nitrogens is 1. The number of aliphatic hydroxyl groups is 1. The van der Waals surface area contributed by atoms with Crippen LogP contribution in [0, 0.1) is 0 Å². The minimum Gasteiger partial charge on any atom is -0.394 e. The number of aromatic nitrogens is 2. The number of morpholine rings is 1. The number of carbonyl (C=O) groups is 1. The molecule has 2 N–H and O–H groups in total. The number of halogens is 3. The van der Waals surface area contributed by atoms with Gasteiger partial charge in [-0.25, -0.2) is 0 Å². The molecule has 2 atom stereocenters. The average molecular weight is 355 g/mol. The van der Waals surface area contributed by atoms with Gasteiger partial charge in [-0.2, -0.15) is 18.3 Å². The van der Waals surface area contributed by atoms with Crippen molar-refractivity contribution in [1.29, 1.82) is 0 Å². The number of amides is 1. The Morgan fingerprint density at radius 3 is 2.68 bits per heavy atom. The monoisotopic (exact) mass is 355 g/mol. The van der Waals surface area contributed by atoms with Crippen molar-refractivity contribution in [2.24, 2.45) is 0 Å². The van der Waals surface area contributed by atoms with Crippen LogP contribution in [0.2, 0.25) is 0 Å². The topological polar surface area (TPSA) is 78.5 Å². The highest BCUT2D eigenvalue weighted by molar-refractivity contribution is 5.92. The number of nitrogens with one attached hydrogen (secondary N) is 1. The number of hydrogen-bond donors (Lipinski definition) is 2. The number of benzene rings is 1. The van der Waals surface area contributed by atoms with E-state index in [0.29, 0.717) is 6.07 Å². The quantitative estimate of drug-likeness (QED) is 0.883. The highest BCUT2D eigenvalue weighted by atomic mass is 19.4. The van der Waals surface area contributed by atoms with Crippen LogP contribution >= 0.6 is 0 Å². The highest BCUT2D eigenvalue weighted by Crippen LogP contribution is 2.32. The molecule has 134 valence electrons. The van der Waals surface area contributed by atoms with Gasteiger partial charge in [-0.15, -0.1) is 0 Å². The Kier molecular flexibility index (Phi) is 4.78. The fourth-order valence-electron chi connectivity index (χ4n) is 2.88. The molecule has 1 aromatic heterocycles. The fraction of sp³-hybridized carbons (Fsp3) is 0.375. The van der Waals surface area contributed by atoms with Crippen LogP contribution in [0.5, 0.6) is 0 Å². The molecule has 0 aliphatic carbocycles. The molecule has 0 saturated carbocycles. The van der Waals surface area contributed by atoms with E-state index < -0.39 is 29.9 Å². The van der Waals surface area contributed by atoms with Crippen LogP contribution in [-0.2, 0) is 10.9 Å². The molecular weight excluding hydrogens is 339 g/mol. The second-order valence-corrected chi connectivity index (χ2v) is 5.61. The molecule has 1 aliphatic heterocycles. The van der Waals surface area contributed by atoms with E-state index in [9.17, 15) is 23.1 Å². The lowest BCUT2D eigenvalue weighted by atomic mass is 9.98. The molecule has 1 saturated heterocycles. The maximum Gasteiger partial charge on any atom is 0.432 e. The van der Waals surface area contributed by atoms with Gasteiger partial charge in [0.05, 0.1) is 19.3 Å². The van der Waals surface area contributed by atoms with Gasteiger partial charge in [-0.05, 0) is 5.56 Å². The van der Waals surface area contributed by atoms with Crippen LogP contribution in [0.1, 0.15) is 27.8 Å². The van der Waals surface area contributed by atoms with Crippen LogP contribution in [0.3, 0.4) is 0 Å². The number of hydrogen-bond acceptors (Lipinski definition) is 4. The van der Waals surface area contributed by atoms with E-state index in [1.165, 1.54) is 4.90 Å². The lowest BCUT2D eigenvalue weighted by molar-refractivity contribution is -0.141. The SMILES string of the molecule is O=C(c1cc(C(F)(F)F)[nH]n1)N1CCO[C@H](CO)[C@H]1c1ccccc1. The molecule has 0 unspecified atom stereocenters. The lowest BCUT2D eigenvalue weighted by Gasteiger charge is -2.40. The Bertz CT molecular complexity index is 733. The lowest BCUT2D eigenvalue weighted by Crippen LogP contribution is -2.49.